The summed E-state index contributed by atoms with van der Waals surface area (Å²) in [5.74, 6) is -4.06. The lowest BCUT2D eigenvalue weighted by Crippen LogP contribution is -2.42. The first kappa shape index (κ1) is 34.0. The quantitative estimate of drug-likeness (QED) is 0.263. The smallest absolute Gasteiger partial charge is 0.337 e. The maximum atomic E-state index is 13.6. The van der Waals surface area contributed by atoms with E-state index in [-0.39, 0.29) is 59.8 Å². The summed E-state index contributed by atoms with van der Waals surface area (Å²) in [6.45, 7) is 1.95. The van der Waals surface area contributed by atoms with Crippen LogP contribution >= 0.6 is 80.2 Å². The number of methoxy groups -OCH3 is 1. The summed E-state index contributed by atoms with van der Waals surface area (Å²) in [5.41, 5.74) is -0.0689. The number of carbonyl (C=O) groups is 5. The molecule has 0 saturated carbocycles. The number of aromatic carboxylic acids is 1. The van der Waals surface area contributed by atoms with Crippen LogP contribution in [0.3, 0.4) is 0 Å². The zero-order valence-electron chi connectivity index (χ0n) is 19.2. The van der Waals surface area contributed by atoms with Crippen LogP contribution in [0.25, 0.3) is 0 Å². The lowest BCUT2D eigenvalue weighted by atomic mass is 10.1. The Morgan fingerprint density at radius 3 is 1.71 bits per heavy atom. The van der Waals surface area contributed by atoms with Crippen molar-refractivity contribution in [1.29, 1.82) is 0 Å². The molecule has 0 aliphatic heterocycles. The lowest BCUT2D eigenvalue weighted by Gasteiger charge is -2.27. The fourth-order valence-electron chi connectivity index (χ4n) is 2.75. The molecule has 0 aliphatic carbocycles. The van der Waals surface area contributed by atoms with Gasteiger partial charge in [-0.3, -0.25) is 19.2 Å². The van der Waals surface area contributed by atoms with Crippen molar-refractivity contribution in [3.05, 3.63) is 21.8 Å². The molecule has 0 saturated heterocycles. The summed E-state index contributed by atoms with van der Waals surface area (Å²) in [6, 6.07) is 0. The van der Waals surface area contributed by atoms with Crippen LogP contribution in [-0.2, 0) is 28.6 Å². The van der Waals surface area contributed by atoms with Crippen LogP contribution in [0.1, 0.15) is 34.6 Å². The third-order valence-electron chi connectivity index (χ3n) is 4.24. The minimum absolute atomic E-state index is 0. The van der Waals surface area contributed by atoms with E-state index in [0.717, 1.165) is 4.90 Å². The summed E-state index contributed by atoms with van der Waals surface area (Å²) >= 11 is 5.38. The highest BCUT2D eigenvalue weighted by Gasteiger charge is 2.33. The number of amides is 2. The molecule has 11 nitrogen and oxygen atoms in total. The Kier molecular flexibility index (Phi) is 15.5. The number of halogens is 4. The largest absolute Gasteiger partial charge is 0.478 e. The van der Waals surface area contributed by atoms with Gasteiger partial charge in [-0.25, -0.2) is 4.79 Å². The Bertz CT molecular complexity index is 971. The van der Waals surface area contributed by atoms with E-state index >= 15 is 0 Å². The summed E-state index contributed by atoms with van der Waals surface area (Å²) in [6.07, 6.45) is 0. The molecule has 0 atom stereocenters. The predicted molar refractivity (Wildman–Crippen MR) is 153 cm³/mol. The van der Waals surface area contributed by atoms with Crippen molar-refractivity contribution in [3.63, 3.8) is 0 Å². The van der Waals surface area contributed by atoms with Gasteiger partial charge in [0.15, 0.2) is 0 Å². The SMILES string of the molecule is CCOC(=O)CN(CC(=O)OCC)C(=O)c1c(I)c(C(=O)O)c(I)c(N(C)C(=O)COC)c1I.Cl. The van der Waals surface area contributed by atoms with Gasteiger partial charge >= 0.3 is 17.9 Å². The molecule has 0 radical (unpaired) electrons. The minimum Gasteiger partial charge on any atom is -0.478 e. The number of hydrogen-bond acceptors (Lipinski definition) is 8. The van der Waals surface area contributed by atoms with E-state index in [4.69, 9.17) is 14.2 Å². The Balaban J connectivity index is 0.0000116. The van der Waals surface area contributed by atoms with Crippen molar-refractivity contribution < 1.29 is 43.3 Å². The van der Waals surface area contributed by atoms with Gasteiger partial charge in [0.05, 0.1) is 37.2 Å². The minimum atomic E-state index is -1.31. The van der Waals surface area contributed by atoms with Crippen molar-refractivity contribution in [2.24, 2.45) is 0 Å². The van der Waals surface area contributed by atoms with Crippen LogP contribution in [0.4, 0.5) is 5.69 Å². The van der Waals surface area contributed by atoms with Gasteiger partial charge in [0.2, 0.25) is 0 Å². The molecule has 1 N–H and O–H groups in total. The molecule has 0 spiro atoms. The van der Waals surface area contributed by atoms with E-state index in [1.807, 2.05) is 22.6 Å². The molecule has 196 valence electrons. The third-order valence-corrected chi connectivity index (χ3v) is 7.42. The monoisotopic (exact) mass is 852 g/mol. The van der Waals surface area contributed by atoms with Gasteiger partial charge in [-0.2, -0.15) is 0 Å². The Labute approximate surface area is 249 Å². The number of nitrogens with zero attached hydrogens (tertiary/aromatic N) is 2. The van der Waals surface area contributed by atoms with Gasteiger partial charge in [-0.05, 0) is 81.6 Å². The number of ether oxygens (including phenoxy) is 3. The van der Waals surface area contributed by atoms with E-state index in [1.165, 1.54) is 19.1 Å². The molecule has 0 unspecified atom stereocenters. The topological polar surface area (TPSA) is 140 Å². The van der Waals surface area contributed by atoms with Gasteiger partial charge in [0.1, 0.15) is 19.7 Å². The molecule has 1 aromatic carbocycles. The van der Waals surface area contributed by atoms with Crippen molar-refractivity contribution >= 4 is 116 Å². The molecule has 0 bridgehead atoms. The second-order valence-corrected chi connectivity index (χ2v) is 9.74. The van der Waals surface area contributed by atoms with Crippen LogP contribution in [0.15, 0.2) is 0 Å². The number of esters is 2. The summed E-state index contributed by atoms with van der Waals surface area (Å²) in [4.78, 5) is 64.6. The van der Waals surface area contributed by atoms with Crippen molar-refractivity contribution in [2.45, 2.75) is 13.8 Å². The molecule has 1 aromatic rings. The number of carbonyl (C=O) groups excluding carboxylic acids is 4. The summed E-state index contributed by atoms with van der Waals surface area (Å²) < 4.78 is 15.3. The van der Waals surface area contributed by atoms with Gasteiger partial charge in [-0.15, -0.1) is 12.4 Å². The van der Waals surface area contributed by atoms with Gasteiger partial charge in [0, 0.05) is 17.7 Å². The van der Waals surface area contributed by atoms with Crippen LogP contribution in [0.2, 0.25) is 0 Å². The van der Waals surface area contributed by atoms with Gasteiger partial charge < -0.3 is 29.1 Å². The maximum Gasteiger partial charge on any atom is 0.337 e. The van der Waals surface area contributed by atoms with E-state index in [2.05, 4.69) is 0 Å². The first-order chi connectivity index (χ1) is 15.9. The molecule has 0 aromatic heterocycles. The van der Waals surface area contributed by atoms with Crippen LogP contribution < -0.4 is 4.90 Å². The third kappa shape index (κ3) is 8.81. The average molecular weight is 853 g/mol. The number of rotatable bonds is 11. The van der Waals surface area contributed by atoms with Gasteiger partial charge in [-0.1, -0.05) is 0 Å². The van der Waals surface area contributed by atoms with E-state index in [0.29, 0.717) is 0 Å². The number of benzene rings is 1. The standard InChI is InChI=1S/C20H23I3N2O9.ClH/c1-5-33-11(27)7-25(8-12(28)34-6-2)19(29)13-15(21)14(20(30)31)17(23)18(16(13)22)24(3)10(26)9-32-4;/h5-9H2,1-4H3,(H,30,31);1H. The zero-order valence-corrected chi connectivity index (χ0v) is 26.5. The van der Waals surface area contributed by atoms with Gasteiger partial charge in [0.25, 0.3) is 11.8 Å². The summed E-state index contributed by atoms with van der Waals surface area (Å²) in [7, 11) is 2.78. The Morgan fingerprint density at radius 2 is 1.31 bits per heavy atom. The highest BCUT2D eigenvalue weighted by Crippen LogP contribution is 2.38. The highest BCUT2D eigenvalue weighted by molar-refractivity contribution is 14.1. The maximum absolute atomic E-state index is 13.6. The van der Waals surface area contributed by atoms with Crippen LogP contribution in [-0.4, -0.2) is 86.8 Å². The highest BCUT2D eigenvalue weighted by atomic mass is 127. The molecule has 2 amide bonds. The molecule has 1 rings (SSSR count). The zero-order chi connectivity index (χ0) is 26.2. The normalized spacial score (nSPS) is 10.1. The number of likely N-dealkylation sites (N-methyl/N-ethyl adjacent to an activating group) is 1. The van der Waals surface area contributed by atoms with Crippen LogP contribution in [0.5, 0.6) is 0 Å². The predicted octanol–water partition coefficient (Wildman–Crippen LogP) is 2.80. The number of carboxylic acid groups (broad SMARTS) is 1. The van der Waals surface area contributed by atoms with Crippen molar-refractivity contribution in [1.82, 2.24) is 4.90 Å². The fourth-order valence-corrected chi connectivity index (χ4v) is 7.56. The molecule has 15 heteroatoms. The lowest BCUT2D eigenvalue weighted by molar-refractivity contribution is -0.147. The number of hydrogen-bond donors (Lipinski definition) is 1. The Morgan fingerprint density at radius 1 is 0.857 bits per heavy atom. The molecular formula is C20H24ClI3N2O9. The van der Waals surface area contributed by atoms with E-state index in [9.17, 15) is 29.1 Å². The van der Waals surface area contributed by atoms with Crippen molar-refractivity contribution in [2.75, 3.05) is 52.0 Å². The average Bonchev–Trinajstić information content (AvgIpc) is 2.73. The van der Waals surface area contributed by atoms with Crippen LogP contribution in [0, 0.1) is 10.7 Å². The molecule has 0 fully saturated rings. The van der Waals surface area contributed by atoms with E-state index in [1.54, 1.807) is 59.0 Å². The number of carboxylic acids is 1. The molecule has 35 heavy (non-hydrogen) atoms. The van der Waals surface area contributed by atoms with Crippen molar-refractivity contribution in [3.8, 4) is 0 Å². The second-order valence-electron chi connectivity index (χ2n) is 6.50. The molecular weight excluding hydrogens is 828 g/mol. The fraction of sp³-hybridized carbons (Fsp3) is 0.450. The first-order valence-electron chi connectivity index (χ1n) is 9.72. The summed E-state index contributed by atoms with van der Waals surface area (Å²) in [5, 5.41) is 9.85. The molecule has 0 aliphatic rings. The number of anilines is 1. The second kappa shape index (κ2) is 16.0. The molecule has 0 heterocycles. The van der Waals surface area contributed by atoms with E-state index < -0.39 is 42.8 Å². The Hall–Kier alpha value is -0.990. The first-order valence-corrected chi connectivity index (χ1v) is 13.0.